The van der Waals surface area contributed by atoms with E-state index in [1.54, 1.807) is 48.5 Å². The predicted molar refractivity (Wildman–Crippen MR) is 166 cm³/mol. The Bertz CT molecular complexity index is 1360. The average Bonchev–Trinajstić information content (AvgIpc) is 3.01. The van der Waals surface area contributed by atoms with Crippen molar-refractivity contribution >= 4 is 5.57 Å². The first-order valence-corrected chi connectivity index (χ1v) is 15.4. The number of ether oxygens (including phenoxy) is 1. The molecule has 0 radical (unpaired) electrons. The van der Waals surface area contributed by atoms with Crippen molar-refractivity contribution in [3.63, 3.8) is 0 Å². The van der Waals surface area contributed by atoms with E-state index in [0.29, 0.717) is 23.3 Å². The first-order valence-electron chi connectivity index (χ1n) is 15.4. The highest BCUT2D eigenvalue weighted by Gasteiger charge is 2.23. The van der Waals surface area contributed by atoms with Crippen LogP contribution in [0.15, 0.2) is 72.8 Å². The number of unbranched alkanes of at least 4 members (excludes halogenated alkanes) is 4. The number of allylic oxidation sites excluding steroid dienone is 3. The molecule has 2 atom stereocenters. The summed E-state index contributed by atoms with van der Waals surface area (Å²) in [7, 11) is 0. The SMILES string of the molecule is C/C=C\COCc1ccc(-c2ccc(-c3ccc(C4=CCC(C(O)CCCCCCC)CC4)cc3F)cc2)c(F)c1F. The molecule has 0 heterocycles. The lowest BCUT2D eigenvalue weighted by Gasteiger charge is -2.26. The molecule has 0 fully saturated rings. The average molecular weight is 577 g/mol. The summed E-state index contributed by atoms with van der Waals surface area (Å²) < 4.78 is 50.1. The zero-order valence-corrected chi connectivity index (χ0v) is 24.9. The molecule has 0 bridgehead atoms. The maximum absolute atomic E-state index is 15.3. The van der Waals surface area contributed by atoms with Crippen molar-refractivity contribution in [1.82, 2.24) is 0 Å². The molecular formula is C37H43F3O2. The van der Waals surface area contributed by atoms with Crippen LogP contribution in [0.4, 0.5) is 13.2 Å². The van der Waals surface area contributed by atoms with Crippen molar-refractivity contribution in [3.8, 4) is 22.3 Å². The zero-order valence-electron chi connectivity index (χ0n) is 24.9. The number of halogens is 3. The first kappa shape index (κ1) is 31.8. The van der Waals surface area contributed by atoms with Gasteiger partial charge >= 0.3 is 0 Å². The van der Waals surface area contributed by atoms with Crippen LogP contribution in [0.25, 0.3) is 27.8 Å². The highest BCUT2D eigenvalue weighted by Crippen LogP contribution is 2.35. The van der Waals surface area contributed by atoms with Crippen LogP contribution in [0, 0.1) is 23.4 Å². The second kappa shape index (κ2) is 15.9. The molecule has 2 nitrogen and oxygen atoms in total. The van der Waals surface area contributed by atoms with Crippen molar-refractivity contribution < 1.29 is 23.0 Å². The van der Waals surface area contributed by atoms with Crippen LogP contribution in [0.1, 0.15) is 82.8 Å². The van der Waals surface area contributed by atoms with Gasteiger partial charge in [0, 0.05) is 16.7 Å². The summed E-state index contributed by atoms with van der Waals surface area (Å²) in [5.74, 6) is -1.89. The third kappa shape index (κ3) is 8.23. The van der Waals surface area contributed by atoms with Crippen molar-refractivity contribution in [3.05, 3.63) is 101 Å². The van der Waals surface area contributed by atoms with Crippen LogP contribution in [0.2, 0.25) is 0 Å². The van der Waals surface area contributed by atoms with Crippen LogP contribution in [0.5, 0.6) is 0 Å². The molecule has 1 N–H and O–H groups in total. The second-order valence-electron chi connectivity index (χ2n) is 11.3. The molecular weight excluding hydrogens is 533 g/mol. The van der Waals surface area contributed by atoms with Crippen LogP contribution in [-0.4, -0.2) is 17.8 Å². The molecule has 42 heavy (non-hydrogen) atoms. The maximum Gasteiger partial charge on any atom is 0.167 e. The number of hydrogen-bond donors (Lipinski definition) is 1. The van der Waals surface area contributed by atoms with Gasteiger partial charge in [-0.25, -0.2) is 13.2 Å². The Morgan fingerprint density at radius 3 is 2.24 bits per heavy atom. The molecule has 2 unspecified atom stereocenters. The minimum atomic E-state index is -0.923. The van der Waals surface area contributed by atoms with Crippen LogP contribution in [-0.2, 0) is 11.3 Å². The summed E-state index contributed by atoms with van der Waals surface area (Å²) >= 11 is 0. The molecule has 0 aliphatic heterocycles. The van der Waals surface area contributed by atoms with Gasteiger partial charge in [-0.15, -0.1) is 0 Å². The molecule has 1 aliphatic rings. The van der Waals surface area contributed by atoms with Gasteiger partial charge in [0.1, 0.15) is 5.82 Å². The Labute approximate surface area is 248 Å². The molecule has 4 rings (SSSR count). The van der Waals surface area contributed by atoms with E-state index in [-0.39, 0.29) is 35.6 Å². The highest BCUT2D eigenvalue weighted by molar-refractivity contribution is 5.74. The molecule has 0 aromatic heterocycles. The van der Waals surface area contributed by atoms with Gasteiger partial charge in [-0.05, 0) is 66.9 Å². The Kier molecular flexibility index (Phi) is 12.0. The number of benzene rings is 3. The van der Waals surface area contributed by atoms with Crippen molar-refractivity contribution in [2.75, 3.05) is 6.61 Å². The lowest BCUT2D eigenvalue weighted by molar-refractivity contribution is 0.0914. The fourth-order valence-corrected chi connectivity index (χ4v) is 5.69. The summed E-state index contributed by atoms with van der Waals surface area (Å²) in [4.78, 5) is 0. The molecule has 0 spiro atoms. The van der Waals surface area contributed by atoms with Crippen molar-refractivity contribution in [1.29, 1.82) is 0 Å². The van der Waals surface area contributed by atoms with E-state index in [0.717, 1.165) is 43.2 Å². The molecule has 3 aromatic carbocycles. The van der Waals surface area contributed by atoms with Crippen LogP contribution in [0.3, 0.4) is 0 Å². The quantitative estimate of drug-likeness (QED) is 0.153. The molecule has 5 heteroatoms. The molecule has 0 saturated heterocycles. The first-order chi connectivity index (χ1) is 20.4. The standard InChI is InChI=1S/C37H43F3O2/c1-3-5-7-8-9-10-35(41)29-17-11-26(12-18-29)30-19-21-32(34(38)24-30)27-13-15-28(16-14-27)33-22-20-31(36(39)37(33)40)25-42-23-6-4-2/h4,6,11,13-16,19-22,24,29,35,41H,3,5,7-10,12,17-18,23,25H2,1-2H3/b6-4-. The number of aliphatic hydroxyl groups is 1. The van der Waals surface area contributed by atoms with Gasteiger partial charge in [0.15, 0.2) is 11.6 Å². The number of hydrogen-bond acceptors (Lipinski definition) is 2. The Balaban J connectivity index is 1.39. The van der Waals surface area contributed by atoms with Crippen molar-refractivity contribution in [2.24, 2.45) is 5.92 Å². The smallest absolute Gasteiger partial charge is 0.167 e. The van der Waals surface area contributed by atoms with Gasteiger partial charge in [0.25, 0.3) is 0 Å². The Morgan fingerprint density at radius 1 is 0.881 bits per heavy atom. The minimum absolute atomic E-state index is 0.0137. The molecule has 0 saturated carbocycles. The molecule has 0 amide bonds. The third-order valence-corrected chi connectivity index (χ3v) is 8.32. The maximum atomic E-state index is 15.3. The van der Waals surface area contributed by atoms with Gasteiger partial charge in [-0.2, -0.15) is 0 Å². The normalized spacial score (nSPS) is 16.1. The van der Waals surface area contributed by atoms with Gasteiger partial charge < -0.3 is 9.84 Å². The molecule has 1 aliphatic carbocycles. The van der Waals surface area contributed by atoms with E-state index >= 15 is 4.39 Å². The van der Waals surface area contributed by atoms with Gasteiger partial charge in [0.2, 0.25) is 0 Å². The van der Waals surface area contributed by atoms with Crippen LogP contribution >= 0.6 is 0 Å². The largest absolute Gasteiger partial charge is 0.393 e. The highest BCUT2D eigenvalue weighted by atomic mass is 19.2. The third-order valence-electron chi connectivity index (χ3n) is 8.32. The van der Waals surface area contributed by atoms with E-state index in [1.807, 2.05) is 19.1 Å². The van der Waals surface area contributed by atoms with E-state index in [2.05, 4.69) is 13.0 Å². The van der Waals surface area contributed by atoms with E-state index in [4.69, 9.17) is 4.74 Å². The van der Waals surface area contributed by atoms with E-state index < -0.39 is 11.6 Å². The lowest BCUT2D eigenvalue weighted by Crippen LogP contribution is -2.22. The summed E-state index contributed by atoms with van der Waals surface area (Å²) in [5.41, 5.74) is 3.94. The second-order valence-corrected chi connectivity index (χ2v) is 11.3. The van der Waals surface area contributed by atoms with Gasteiger partial charge in [-0.3, -0.25) is 0 Å². The van der Waals surface area contributed by atoms with Gasteiger partial charge in [0.05, 0.1) is 19.3 Å². The van der Waals surface area contributed by atoms with E-state index in [1.165, 1.54) is 31.7 Å². The predicted octanol–water partition coefficient (Wildman–Crippen LogP) is 10.4. The monoisotopic (exact) mass is 576 g/mol. The van der Waals surface area contributed by atoms with Crippen LogP contribution < -0.4 is 0 Å². The Hall–Kier alpha value is -3.15. The van der Waals surface area contributed by atoms with E-state index in [9.17, 15) is 13.9 Å². The fourth-order valence-electron chi connectivity index (χ4n) is 5.69. The topological polar surface area (TPSA) is 29.5 Å². The summed E-state index contributed by atoms with van der Waals surface area (Å²) in [6.07, 6.45) is 14.9. The fraction of sp³-hybridized carbons (Fsp3) is 0.405. The van der Waals surface area contributed by atoms with Gasteiger partial charge in [-0.1, -0.05) is 106 Å². The summed E-state index contributed by atoms with van der Waals surface area (Å²) in [6.45, 7) is 4.39. The zero-order chi connectivity index (χ0) is 29.9. The van der Waals surface area contributed by atoms with Crippen molar-refractivity contribution in [2.45, 2.75) is 84.3 Å². The number of aliphatic hydroxyl groups excluding tert-OH is 1. The minimum Gasteiger partial charge on any atom is -0.393 e. The summed E-state index contributed by atoms with van der Waals surface area (Å²) in [6, 6.07) is 15.2. The summed E-state index contributed by atoms with van der Waals surface area (Å²) in [5, 5.41) is 10.6. The number of rotatable bonds is 14. The lowest BCUT2D eigenvalue weighted by atomic mass is 9.82. The molecule has 224 valence electrons. The molecule has 3 aromatic rings. The Morgan fingerprint density at radius 2 is 1.57 bits per heavy atom.